The number of nitriles is 1. The van der Waals surface area contributed by atoms with Gasteiger partial charge in [0.1, 0.15) is 6.07 Å². The molecule has 2 aromatic carbocycles. The largest absolute Gasteiger partial charge is 0.416 e. The minimum atomic E-state index is -4.36. The third-order valence-corrected chi connectivity index (χ3v) is 3.05. The van der Waals surface area contributed by atoms with Gasteiger partial charge in [0, 0.05) is 5.56 Å². The van der Waals surface area contributed by atoms with Crippen molar-refractivity contribution in [3.05, 3.63) is 58.6 Å². The van der Waals surface area contributed by atoms with Crippen molar-refractivity contribution in [2.45, 2.75) is 6.18 Å². The Morgan fingerprint density at radius 3 is 2.16 bits per heavy atom. The molecule has 0 N–H and O–H groups in total. The standard InChI is InChI=1S/C14H7ClF3N/c15-13-10(8-19)2-1-3-12(13)9-4-6-11(7-5-9)14(16,17)18/h1-7H. The molecule has 0 atom stereocenters. The molecule has 0 aliphatic carbocycles. The number of benzene rings is 2. The first kappa shape index (κ1) is 13.4. The number of nitrogens with zero attached hydrogens (tertiary/aromatic N) is 1. The summed E-state index contributed by atoms with van der Waals surface area (Å²) in [5.41, 5.74) is 0.646. The first-order valence-corrected chi connectivity index (χ1v) is 5.67. The Hall–Kier alpha value is -1.99. The SMILES string of the molecule is N#Cc1cccc(-c2ccc(C(F)(F)F)cc2)c1Cl. The topological polar surface area (TPSA) is 23.8 Å². The lowest BCUT2D eigenvalue weighted by atomic mass is 10.0. The van der Waals surface area contributed by atoms with E-state index >= 15 is 0 Å². The number of rotatable bonds is 1. The highest BCUT2D eigenvalue weighted by atomic mass is 35.5. The van der Waals surface area contributed by atoms with Crippen LogP contribution in [0.2, 0.25) is 5.02 Å². The summed E-state index contributed by atoms with van der Waals surface area (Å²) in [5, 5.41) is 9.10. The molecule has 0 aromatic heterocycles. The van der Waals surface area contributed by atoms with Crippen molar-refractivity contribution >= 4 is 11.6 Å². The van der Waals surface area contributed by atoms with Crippen molar-refractivity contribution in [3.63, 3.8) is 0 Å². The van der Waals surface area contributed by atoms with Crippen LogP contribution in [0.25, 0.3) is 11.1 Å². The van der Waals surface area contributed by atoms with Gasteiger partial charge in [0.15, 0.2) is 0 Å². The van der Waals surface area contributed by atoms with E-state index in [9.17, 15) is 13.2 Å². The molecule has 0 saturated carbocycles. The van der Waals surface area contributed by atoms with Crippen LogP contribution in [0.5, 0.6) is 0 Å². The number of hydrogen-bond acceptors (Lipinski definition) is 1. The highest BCUT2D eigenvalue weighted by molar-refractivity contribution is 6.34. The fraction of sp³-hybridized carbons (Fsp3) is 0.0714. The summed E-state index contributed by atoms with van der Waals surface area (Å²) < 4.78 is 37.4. The first-order chi connectivity index (χ1) is 8.93. The van der Waals surface area contributed by atoms with E-state index in [-0.39, 0.29) is 5.02 Å². The van der Waals surface area contributed by atoms with Gasteiger partial charge in [0.05, 0.1) is 16.1 Å². The van der Waals surface area contributed by atoms with Crippen LogP contribution in [-0.4, -0.2) is 0 Å². The van der Waals surface area contributed by atoms with Crippen molar-refractivity contribution in [2.75, 3.05) is 0 Å². The quantitative estimate of drug-likeness (QED) is 0.729. The summed E-state index contributed by atoms with van der Waals surface area (Å²) >= 11 is 6.03. The van der Waals surface area contributed by atoms with E-state index in [0.29, 0.717) is 16.7 Å². The van der Waals surface area contributed by atoms with E-state index in [4.69, 9.17) is 16.9 Å². The van der Waals surface area contributed by atoms with Gasteiger partial charge in [-0.15, -0.1) is 0 Å². The van der Waals surface area contributed by atoms with E-state index in [0.717, 1.165) is 12.1 Å². The molecule has 0 unspecified atom stereocenters. The average molecular weight is 282 g/mol. The molecule has 96 valence electrons. The fourth-order valence-corrected chi connectivity index (χ4v) is 1.96. The second-order valence-corrected chi connectivity index (χ2v) is 4.23. The average Bonchev–Trinajstić information content (AvgIpc) is 2.38. The smallest absolute Gasteiger partial charge is 0.192 e. The monoisotopic (exact) mass is 281 g/mol. The van der Waals surface area contributed by atoms with Gasteiger partial charge in [-0.1, -0.05) is 35.9 Å². The molecule has 0 amide bonds. The van der Waals surface area contributed by atoms with E-state index in [1.807, 2.05) is 6.07 Å². The van der Waals surface area contributed by atoms with Gasteiger partial charge < -0.3 is 0 Å². The molecule has 0 radical (unpaired) electrons. The molecule has 0 heterocycles. The number of hydrogen-bond donors (Lipinski definition) is 0. The summed E-state index contributed by atoms with van der Waals surface area (Å²) in [5.74, 6) is 0. The summed E-state index contributed by atoms with van der Waals surface area (Å²) in [6.07, 6.45) is -4.36. The Morgan fingerprint density at radius 1 is 1.00 bits per heavy atom. The normalized spacial score (nSPS) is 11.1. The molecule has 0 saturated heterocycles. The lowest BCUT2D eigenvalue weighted by Crippen LogP contribution is -2.04. The zero-order valence-corrected chi connectivity index (χ0v) is 10.3. The van der Waals surface area contributed by atoms with Crippen LogP contribution in [0.1, 0.15) is 11.1 Å². The second-order valence-electron chi connectivity index (χ2n) is 3.85. The van der Waals surface area contributed by atoms with Crippen molar-refractivity contribution in [1.82, 2.24) is 0 Å². The van der Waals surface area contributed by atoms with E-state index in [2.05, 4.69) is 0 Å². The van der Waals surface area contributed by atoms with Crippen LogP contribution in [-0.2, 0) is 6.18 Å². The van der Waals surface area contributed by atoms with Crippen LogP contribution < -0.4 is 0 Å². The molecule has 1 nitrogen and oxygen atoms in total. The van der Waals surface area contributed by atoms with Crippen molar-refractivity contribution in [1.29, 1.82) is 5.26 Å². The minimum Gasteiger partial charge on any atom is -0.192 e. The summed E-state index contributed by atoms with van der Waals surface area (Å²) in [6, 6.07) is 11.4. The van der Waals surface area contributed by atoms with Crippen LogP contribution in [0.15, 0.2) is 42.5 Å². The second kappa shape index (κ2) is 4.94. The van der Waals surface area contributed by atoms with Crippen molar-refractivity contribution in [3.8, 4) is 17.2 Å². The lowest BCUT2D eigenvalue weighted by Gasteiger charge is -2.09. The fourth-order valence-electron chi connectivity index (χ4n) is 1.68. The predicted octanol–water partition coefficient (Wildman–Crippen LogP) is 4.90. The highest BCUT2D eigenvalue weighted by Gasteiger charge is 2.30. The molecule has 19 heavy (non-hydrogen) atoms. The number of halogens is 4. The molecule has 0 aliphatic heterocycles. The van der Waals surface area contributed by atoms with Gasteiger partial charge in [0.25, 0.3) is 0 Å². The summed E-state index contributed by atoms with van der Waals surface area (Å²) in [6.45, 7) is 0. The maximum Gasteiger partial charge on any atom is 0.416 e. The summed E-state index contributed by atoms with van der Waals surface area (Å²) in [7, 11) is 0. The van der Waals surface area contributed by atoms with Crippen LogP contribution >= 0.6 is 11.6 Å². The van der Waals surface area contributed by atoms with Gasteiger partial charge in [-0.2, -0.15) is 18.4 Å². The van der Waals surface area contributed by atoms with E-state index < -0.39 is 11.7 Å². The molecule has 0 aliphatic rings. The van der Waals surface area contributed by atoms with Gasteiger partial charge in [-0.25, -0.2) is 0 Å². The van der Waals surface area contributed by atoms with Crippen LogP contribution in [0.3, 0.4) is 0 Å². The van der Waals surface area contributed by atoms with Gasteiger partial charge in [-0.05, 0) is 23.8 Å². The van der Waals surface area contributed by atoms with Gasteiger partial charge >= 0.3 is 6.18 Å². The first-order valence-electron chi connectivity index (χ1n) is 5.29. The Kier molecular flexibility index (Phi) is 3.50. The lowest BCUT2D eigenvalue weighted by molar-refractivity contribution is -0.137. The summed E-state index contributed by atoms with van der Waals surface area (Å²) in [4.78, 5) is 0. The number of alkyl halides is 3. The minimum absolute atomic E-state index is 0.241. The highest BCUT2D eigenvalue weighted by Crippen LogP contribution is 2.34. The predicted molar refractivity (Wildman–Crippen MR) is 66.6 cm³/mol. The Bertz CT molecular complexity index is 639. The third-order valence-electron chi connectivity index (χ3n) is 2.64. The molecule has 0 bridgehead atoms. The van der Waals surface area contributed by atoms with Crippen LogP contribution in [0.4, 0.5) is 13.2 Å². The van der Waals surface area contributed by atoms with Crippen LogP contribution in [0, 0.1) is 11.3 Å². The Morgan fingerprint density at radius 2 is 1.63 bits per heavy atom. The zero-order valence-electron chi connectivity index (χ0n) is 9.50. The molecule has 5 heteroatoms. The molecular weight excluding hydrogens is 275 g/mol. The molecule has 0 spiro atoms. The van der Waals surface area contributed by atoms with Crippen molar-refractivity contribution in [2.24, 2.45) is 0 Å². The molecule has 2 rings (SSSR count). The Balaban J connectivity index is 2.47. The maximum absolute atomic E-state index is 12.5. The molecular formula is C14H7ClF3N. The van der Waals surface area contributed by atoms with Gasteiger partial charge in [0.2, 0.25) is 0 Å². The molecule has 2 aromatic rings. The third kappa shape index (κ3) is 2.72. The van der Waals surface area contributed by atoms with Gasteiger partial charge in [-0.3, -0.25) is 0 Å². The zero-order chi connectivity index (χ0) is 14.0. The Labute approximate surface area is 112 Å². The molecule has 0 fully saturated rings. The van der Waals surface area contributed by atoms with E-state index in [1.165, 1.54) is 12.1 Å². The van der Waals surface area contributed by atoms with E-state index in [1.54, 1.807) is 18.2 Å². The van der Waals surface area contributed by atoms with Crippen molar-refractivity contribution < 1.29 is 13.2 Å². The maximum atomic E-state index is 12.5.